The number of hydrogen-bond donors (Lipinski definition) is 2. The van der Waals surface area contributed by atoms with Crippen molar-refractivity contribution in [2.75, 3.05) is 18.8 Å². The van der Waals surface area contributed by atoms with Crippen LogP contribution in [0.1, 0.15) is 6.92 Å². The lowest BCUT2D eigenvalue weighted by atomic mass is 10.7. The van der Waals surface area contributed by atoms with Gasteiger partial charge < -0.3 is 5.32 Å². The minimum Gasteiger partial charge on any atom is -0.338 e. The summed E-state index contributed by atoms with van der Waals surface area (Å²) in [5.74, 6) is 0.974. The molecule has 1 heterocycles. The third-order valence-electron chi connectivity index (χ3n) is 1.14. The Morgan fingerprint density at radius 1 is 1.82 bits per heavy atom. The Labute approximate surface area is 69.8 Å². The van der Waals surface area contributed by atoms with Crippen LogP contribution in [0.25, 0.3) is 0 Å². The summed E-state index contributed by atoms with van der Waals surface area (Å²) in [6.07, 6.45) is 0. The van der Waals surface area contributed by atoms with Gasteiger partial charge in [0.25, 0.3) is 0 Å². The zero-order valence-electron chi connectivity index (χ0n) is 6.39. The number of nitrogens with one attached hydrogen (secondary N) is 2. The van der Waals surface area contributed by atoms with Gasteiger partial charge in [0.1, 0.15) is 0 Å². The molecule has 0 unspecified atom stereocenters. The van der Waals surface area contributed by atoms with Crippen molar-refractivity contribution in [3.05, 3.63) is 0 Å². The molecular formula is C6H11N3OS. The van der Waals surface area contributed by atoms with Gasteiger partial charge in [-0.25, -0.2) is 4.79 Å². The van der Waals surface area contributed by atoms with E-state index >= 15 is 0 Å². The van der Waals surface area contributed by atoms with Gasteiger partial charge in [-0.3, -0.25) is 10.3 Å². The van der Waals surface area contributed by atoms with Crippen molar-refractivity contribution in [2.45, 2.75) is 6.92 Å². The van der Waals surface area contributed by atoms with E-state index < -0.39 is 0 Å². The number of amides is 2. The first-order valence-corrected chi connectivity index (χ1v) is 4.53. The van der Waals surface area contributed by atoms with E-state index in [-0.39, 0.29) is 6.03 Å². The second-order valence-corrected chi connectivity index (χ2v) is 3.10. The standard InChI is InChI=1S/C6H11N3OS/c1-2-7-5(10)9-6-8-3-4-11-6/h2-4H2,1H3,(H2,7,8,9,10). The Morgan fingerprint density at radius 3 is 3.18 bits per heavy atom. The van der Waals surface area contributed by atoms with Crippen molar-refractivity contribution in [1.82, 2.24) is 10.6 Å². The number of carbonyl (C=O) groups excluding carboxylic acids is 1. The highest BCUT2D eigenvalue weighted by Gasteiger charge is 2.08. The minimum atomic E-state index is -0.166. The van der Waals surface area contributed by atoms with Gasteiger partial charge in [-0.2, -0.15) is 0 Å². The van der Waals surface area contributed by atoms with Gasteiger partial charge in [0, 0.05) is 12.3 Å². The number of hydrogen-bond acceptors (Lipinski definition) is 3. The van der Waals surface area contributed by atoms with Crippen molar-refractivity contribution >= 4 is 23.0 Å². The summed E-state index contributed by atoms with van der Waals surface area (Å²) in [4.78, 5) is 14.9. The zero-order chi connectivity index (χ0) is 8.10. The fourth-order valence-corrected chi connectivity index (χ4v) is 1.44. The summed E-state index contributed by atoms with van der Waals surface area (Å²) in [5.41, 5.74) is 0. The van der Waals surface area contributed by atoms with E-state index in [2.05, 4.69) is 15.6 Å². The van der Waals surface area contributed by atoms with Crippen molar-refractivity contribution in [3.63, 3.8) is 0 Å². The van der Waals surface area contributed by atoms with Crippen LogP contribution in [0.2, 0.25) is 0 Å². The van der Waals surface area contributed by atoms with Gasteiger partial charge in [0.2, 0.25) is 0 Å². The minimum absolute atomic E-state index is 0.166. The molecule has 5 heteroatoms. The van der Waals surface area contributed by atoms with E-state index in [4.69, 9.17) is 0 Å². The Hall–Kier alpha value is -0.710. The van der Waals surface area contributed by atoms with Gasteiger partial charge in [0.05, 0.1) is 6.54 Å². The molecule has 2 N–H and O–H groups in total. The molecule has 62 valence electrons. The summed E-state index contributed by atoms with van der Waals surface area (Å²) < 4.78 is 0. The van der Waals surface area contributed by atoms with Gasteiger partial charge >= 0.3 is 6.03 Å². The van der Waals surface area contributed by atoms with Crippen molar-refractivity contribution in [2.24, 2.45) is 4.99 Å². The van der Waals surface area contributed by atoms with E-state index in [9.17, 15) is 4.79 Å². The largest absolute Gasteiger partial charge is 0.338 e. The number of nitrogens with zero attached hydrogens (tertiary/aromatic N) is 1. The summed E-state index contributed by atoms with van der Waals surface area (Å²) in [7, 11) is 0. The smallest absolute Gasteiger partial charge is 0.320 e. The Bertz CT molecular complexity index is 181. The molecule has 0 saturated carbocycles. The van der Waals surface area contributed by atoms with E-state index in [1.54, 1.807) is 11.8 Å². The van der Waals surface area contributed by atoms with Gasteiger partial charge in [-0.1, -0.05) is 11.8 Å². The molecule has 0 aromatic rings. The third-order valence-corrected chi connectivity index (χ3v) is 2.03. The van der Waals surface area contributed by atoms with Crippen LogP contribution in [-0.4, -0.2) is 30.0 Å². The highest BCUT2D eigenvalue weighted by atomic mass is 32.2. The van der Waals surface area contributed by atoms with Crippen molar-refractivity contribution in [3.8, 4) is 0 Å². The molecule has 1 aliphatic rings. The topological polar surface area (TPSA) is 53.5 Å². The highest BCUT2D eigenvalue weighted by Crippen LogP contribution is 2.08. The van der Waals surface area contributed by atoms with E-state index in [0.717, 1.165) is 17.5 Å². The van der Waals surface area contributed by atoms with Crippen LogP contribution >= 0.6 is 11.8 Å². The number of thioether (sulfide) groups is 1. The van der Waals surface area contributed by atoms with Gasteiger partial charge in [-0.15, -0.1) is 0 Å². The second kappa shape index (κ2) is 4.23. The summed E-state index contributed by atoms with van der Waals surface area (Å²) in [6.45, 7) is 3.33. The van der Waals surface area contributed by atoms with Crippen LogP contribution in [0.5, 0.6) is 0 Å². The average Bonchev–Trinajstić information content (AvgIpc) is 2.40. The Kier molecular flexibility index (Phi) is 3.22. The molecule has 0 aromatic carbocycles. The lowest BCUT2D eigenvalue weighted by Gasteiger charge is -2.02. The molecule has 1 rings (SSSR count). The van der Waals surface area contributed by atoms with Gasteiger partial charge in [-0.05, 0) is 6.92 Å². The molecule has 1 aliphatic heterocycles. The van der Waals surface area contributed by atoms with Crippen LogP contribution < -0.4 is 10.6 Å². The first-order valence-electron chi connectivity index (χ1n) is 3.55. The van der Waals surface area contributed by atoms with Crippen molar-refractivity contribution < 1.29 is 4.79 Å². The normalized spacial score (nSPS) is 15.9. The number of rotatable bonds is 1. The second-order valence-electron chi connectivity index (χ2n) is 2.02. The number of aliphatic imine (C=N–C) groups is 1. The van der Waals surface area contributed by atoms with Crippen LogP contribution in [0, 0.1) is 0 Å². The first kappa shape index (κ1) is 8.39. The number of carbonyl (C=O) groups is 1. The predicted molar refractivity (Wildman–Crippen MR) is 47.0 cm³/mol. The molecule has 0 atom stereocenters. The lowest BCUT2D eigenvalue weighted by Crippen LogP contribution is -2.37. The maximum Gasteiger partial charge on any atom is 0.320 e. The molecule has 2 amide bonds. The third kappa shape index (κ3) is 2.80. The Morgan fingerprint density at radius 2 is 2.64 bits per heavy atom. The SMILES string of the molecule is CCNC(=O)NC1=NCCS1. The van der Waals surface area contributed by atoms with Crippen LogP contribution in [0.3, 0.4) is 0 Å². The lowest BCUT2D eigenvalue weighted by molar-refractivity contribution is 0.246. The molecule has 0 saturated heterocycles. The van der Waals surface area contributed by atoms with Crippen LogP contribution in [0.4, 0.5) is 4.79 Å². The molecule has 0 bridgehead atoms. The quantitative estimate of drug-likeness (QED) is 0.603. The average molecular weight is 173 g/mol. The first-order chi connectivity index (χ1) is 5.33. The van der Waals surface area contributed by atoms with E-state index in [1.807, 2.05) is 6.92 Å². The molecular weight excluding hydrogens is 162 g/mol. The fourth-order valence-electron chi connectivity index (χ4n) is 0.713. The molecule has 0 aromatic heterocycles. The monoisotopic (exact) mass is 173 g/mol. The molecule has 0 radical (unpaired) electrons. The maximum absolute atomic E-state index is 10.9. The predicted octanol–water partition coefficient (Wildman–Crippen LogP) is 0.408. The molecule has 0 aliphatic carbocycles. The summed E-state index contributed by atoms with van der Waals surface area (Å²) >= 11 is 1.57. The summed E-state index contributed by atoms with van der Waals surface area (Å²) in [5, 5.41) is 6.00. The number of urea groups is 1. The van der Waals surface area contributed by atoms with E-state index in [1.165, 1.54) is 0 Å². The van der Waals surface area contributed by atoms with Crippen LogP contribution in [-0.2, 0) is 0 Å². The van der Waals surface area contributed by atoms with E-state index in [0.29, 0.717) is 6.54 Å². The van der Waals surface area contributed by atoms with Crippen molar-refractivity contribution in [1.29, 1.82) is 0 Å². The molecule has 11 heavy (non-hydrogen) atoms. The zero-order valence-corrected chi connectivity index (χ0v) is 7.20. The number of amidine groups is 1. The molecule has 0 spiro atoms. The molecule has 4 nitrogen and oxygen atoms in total. The van der Waals surface area contributed by atoms with Crippen LogP contribution in [0.15, 0.2) is 4.99 Å². The highest BCUT2D eigenvalue weighted by molar-refractivity contribution is 8.14. The maximum atomic E-state index is 10.9. The molecule has 0 fully saturated rings. The van der Waals surface area contributed by atoms with Gasteiger partial charge in [0.15, 0.2) is 5.17 Å². The Balaban J connectivity index is 2.24. The fraction of sp³-hybridized carbons (Fsp3) is 0.667. The summed E-state index contributed by atoms with van der Waals surface area (Å²) in [6, 6.07) is -0.166.